The number of fused-ring (bicyclic) bond motifs is 1. The van der Waals surface area contributed by atoms with Gasteiger partial charge in [-0.1, -0.05) is 0 Å². The SMILES string of the molecule is CCN(CC)c1nc(C(=O)Nc2ccc(C(C)=O)cc2)nc2nc(C)cc(C)c12. The maximum absolute atomic E-state index is 12.8. The maximum atomic E-state index is 12.8. The van der Waals surface area contributed by atoms with Crippen molar-refractivity contribution in [2.45, 2.75) is 34.6 Å². The van der Waals surface area contributed by atoms with Gasteiger partial charge in [0.1, 0.15) is 5.82 Å². The molecule has 0 atom stereocenters. The highest BCUT2D eigenvalue weighted by molar-refractivity contribution is 6.04. The van der Waals surface area contributed by atoms with E-state index in [1.807, 2.05) is 33.8 Å². The third kappa shape index (κ3) is 4.23. The monoisotopic (exact) mass is 391 g/mol. The summed E-state index contributed by atoms with van der Waals surface area (Å²) in [6.07, 6.45) is 0. The Bertz CT molecular complexity index is 1070. The fraction of sp³-hybridized carbons (Fsp3) is 0.318. The lowest BCUT2D eigenvalue weighted by atomic mass is 10.1. The second-order valence-corrected chi connectivity index (χ2v) is 6.91. The second-order valence-electron chi connectivity index (χ2n) is 6.91. The number of hydrogen-bond acceptors (Lipinski definition) is 6. The molecule has 3 rings (SSSR count). The highest BCUT2D eigenvalue weighted by atomic mass is 16.2. The van der Waals surface area contributed by atoms with Crippen LogP contribution in [0.5, 0.6) is 0 Å². The van der Waals surface area contributed by atoms with Gasteiger partial charge in [-0.3, -0.25) is 9.59 Å². The van der Waals surface area contributed by atoms with E-state index in [4.69, 9.17) is 0 Å². The first-order chi connectivity index (χ1) is 13.8. The number of nitrogens with zero attached hydrogens (tertiary/aromatic N) is 4. The summed E-state index contributed by atoms with van der Waals surface area (Å²) in [5, 5.41) is 3.66. The normalized spacial score (nSPS) is 10.8. The van der Waals surface area contributed by atoms with Crippen LogP contribution >= 0.6 is 0 Å². The van der Waals surface area contributed by atoms with Crippen molar-refractivity contribution >= 4 is 34.2 Å². The molecule has 1 amide bonds. The smallest absolute Gasteiger partial charge is 0.293 e. The summed E-state index contributed by atoms with van der Waals surface area (Å²) in [4.78, 5) is 39.9. The van der Waals surface area contributed by atoms with Gasteiger partial charge in [0.15, 0.2) is 11.4 Å². The summed E-state index contributed by atoms with van der Waals surface area (Å²) in [5.74, 6) is 0.327. The predicted octanol–water partition coefficient (Wildman–Crippen LogP) is 3.94. The number of anilines is 2. The summed E-state index contributed by atoms with van der Waals surface area (Å²) in [5.41, 5.74) is 3.54. The van der Waals surface area contributed by atoms with E-state index in [9.17, 15) is 9.59 Å². The average Bonchev–Trinajstić information content (AvgIpc) is 2.68. The average molecular weight is 391 g/mol. The van der Waals surface area contributed by atoms with Crippen molar-refractivity contribution in [3.63, 3.8) is 0 Å². The van der Waals surface area contributed by atoms with Gasteiger partial charge in [-0.15, -0.1) is 0 Å². The van der Waals surface area contributed by atoms with Crippen molar-refractivity contribution < 1.29 is 9.59 Å². The molecule has 7 nitrogen and oxygen atoms in total. The molecule has 0 bridgehead atoms. The standard InChI is InChI=1S/C22H25N5O2/c1-6-27(7-2)21-18-13(3)12-14(4)23-19(18)25-20(26-21)22(29)24-17-10-8-16(9-11-17)15(5)28/h8-12H,6-7H2,1-5H3,(H,24,29). The first kappa shape index (κ1) is 20.4. The Morgan fingerprint density at radius 3 is 2.24 bits per heavy atom. The van der Waals surface area contributed by atoms with E-state index in [-0.39, 0.29) is 11.6 Å². The number of aromatic nitrogens is 3. The number of pyridine rings is 1. The number of benzene rings is 1. The molecule has 0 saturated heterocycles. The third-order valence-electron chi connectivity index (χ3n) is 4.79. The van der Waals surface area contributed by atoms with Crippen LogP contribution in [0.25, 0.3) is 11.0 Å². The summed E-state index contributed by atoms with van der Waals surface area (Å²) in [7, 11) is 0. The van der Waals surface area contributed by atoms with E-state index >= 15 is 0 Å². The molecule has 0 radical (unpaired) electrons. The fourth-order valence-corrected chi connectivity index (χ4v) is 3.28. The summed E-state index contributed by atoms with van der Waals surface area (Å²) < 4.78 is 0. The Labute approximate surface area is 170 Å². The third-order valence-corrected chi connectivity index (χ3v) is 4.79. The van der Waals surface area contributed by atoms with Crippen LogP contribution in [-0.2, 0) is 0 Å². The molecule has 150 valence electrons. The minimum absolute atomic E-state index is 0.0265. The van der Waals surface area contributed by atoms with Crippen molar-refractivity contribution in [3.8, 4) is 0 Å². The molecule has 7 heteroatoms. The lowest BCUT2D eigenvalue weighted by molar-refractivity contribution is 0.101. The molecular formula is C22H25N5O2. The van der Waals surface area contributed by atoms with Crippen molar-refractivity contribution in [1.29, 1.82) is 0 Å². The molecule has 3 aromatic rings. The van der Waals surface area contributed by atoms with Gasteiger partial charge in [0.25, 0.3) is 5.91 Å². The molecule has 1 aromatic carbocycles. The lowest BCUT2D eigenvalue weighted by Crippen LogP contribution is -2.26. The van der Waals surface area contributed by atoms with E-state index in [0.29, 0.717) is 22.7 Å². The predicted molar refractivity (Wildman–Crippen MR) is 115 cm³/mol. The largest absolute Gasteiger partial charge is 0.356 e. The molecule has 0 unspecified atom stereocenters. The maximum Gasteiger partial charge on any atom is 0.293 e. The van der Waals surface area contributed by atoms with Crippen LogP contribution in [0.4, 0.5) is 11.5 Å². The number of carbonyl (C=O) groups excluding carboxylic acids is 2. The quantitative estimate of drug-likeness (QED) is 0.640. The Morgan fingerprint density at radius 2 is 1.66 bits per heavy atom. The molecule has 0 aliphatic carbocycles. The highest BCUT2D eigenvalue weighted by Crippen LogP contribution is 2.27. The van der Waals surface area contributed by atoms with Crippen LogP contribution in [0.2, 0.25) is 0 Å². The Hall–Kier alpha value is -3.35. The molecular weight excluding hydrogens is 366 g/mol. The van der Waals surface area contributed by atoms with Gasteiger partial charge in [-0.2, -0.15) is 0 Å². The number of Topliss-reactive ketones (excluding diaryl/α,β-unsaturated/α-hetero) is 1. The number of nitrogens with one attached hydrogen (secondary N) is 1. The van der Waals surface area contributed by atoms with Gasteiger partial charge in [-0.05, 0) is 70.5 Å². The topological polar surface area (TPSA) is 88.1 Å². The number of hydrogen-bond donors (Lipinski definition) is 1. The van der Waals surface area contributed by atoms with Gasteiger partial charge in [0, 0.05) is 30.0 Å². The van der Waals surface area contributed by atoms with E-state index in [1.54, 1.807) is 24.3 Å². The molecule has 2 heterocycles. The first-order valence-corrected chi connectivity index (χ1v) is 9.67. The van der Waals surface area contributed by atoms with Crippen molar-refractivity contribution in [1.82, 2.24) is 15.0 Å². The van der Waals surface area contributed by atoms with Gasteiger partial charge in [0.2, 0.25) is 5.82 Å². The number of rotatable bonds is 6. The first-order valence-electron chi connectivity index (χ1n) is 9.67. The molecule has 0 aliphatic rings. The van der Waals surface area contributed by atoms with Gasteiger partial charge < -0.3 is 10.2 Å². The zero-order valence-corrected chi connectivity index (χ0v) is 17.4. The molecule has 0 saturated carbocycles. The number of carbonyl (C=O) groups is 2. The summed E-state index contributed by atoms with van der Waals surface area (Å²) in [6.45, 7) is 11.0. The lowest BCUT2D eigenvalue weighted by Gasteiger charge is -2.22. The van der Waals surface area contributed by atoms with E-state index in [2.05, 4.69) is 25.2 Å². The van der Waals surface area contributed by atoms with Gasteiger partial charge >= 0.3 is 0 Å². The van der Waals surface area contributed by atoms with Crippen LogP contribution in [0.1, 0.15) is 53.0 Å². The molecule has 2 aromatic heterocycles. The fourth-order valence-electron chi connectivity index (χ4n) is 3.28. The van der Waals surface area contributed by atoms with E-state index in [0.717, 1.165) is 29.7 Å². The van der Waals surface area contributed by atoms with Gasteiger partial charge in [-0.25, -0.2) is 15.0 Å². The Morgan fingerprint density at radius 1 is 1.00 bits per heavy atom. The van der Waals surface area contributed by atoms with Crippen LogP contribution in [0.15, 0.2) is 30.3 Å². The zero-order valence-electron chi connectivity index (χ0n) is 17.4. The number of aryl methyl sites for hydroxylation is 2. The number of amides is 1. The molecule has 0 aliphatic heterocycles. The van der Waals surface area contributed by atoms with Crippen molar-refractivity contribution in [2.24, 2.45) is 0 Å². The Kier molecular flexibility index (Phi) is 5.87. The minimum atomic E-state index is -0.420. The highest BCUT2D eigenvalue weighted by Gasteiger charge is 2.19. The second kappa shape index (κ2) is 8.34. The molecule has 0 fully saturated rings. The molecule has 1 N–H and O–H groups in total. The van der Waals surface area contributed by atoms with Crippen LogP contribution in [0.3, 0.4) is 0 Å². The number of ketones is 1. The van der Waals surface area contributed by atoms with Crippen LogP contribution in [-0.4, -0.2) is 39.7 Å². The van der Waals surface area contributed by atoms with Crippen LogP contribution in [0, 0.1) is 13.8 Å². The van der Waals surface area contributed by atoms with Crippen molar-refractivity contribution in [3.05, 3.63) is 53.0 Å². The van der Waals surface area contributed by atoms with Gasteiger partial charge in [0.05, 0.1) is 5.39 Å². The summed E-state index contributed by atoms with van der Waals surface area (Å²) in [6, 6.07) is 8.72. The summed E-state index contributed by atoms with van der Waals surface area (Å²) >= 11 is 0. The van der Waals surface area contributed by atoms with E-state index < -0.39 is 5.91 Å². The van der Waals surface area contributed by atoms with Crippen LogP contribution < -0.4 is 10.2 Å². The van der Waals surface area contributed by atoms with Crippen molar-refractivity contribution in [2.75, 3.05) is 23.3 Å². The van der Waals surface area contributed by atoms with E-state index in [1.165, 1.54) is 6.92 Å². The molecule has 0 spiro atoms. The zero-order chi connectivity index (χ0) is 21.1. The molecule has 29 heavy (non-hydrogen) atoms. The minimum Gasteiger partial charge on any atom is -0.356 e. The Balaban J connectivity index is 2.04.